The molecule has 0 aromatic heterocycles. The van der Waals surface area contributed by atoms with E-state index in [1.807, 2.05) is 50.2 Å². The Bertz CT molecular complexity index is 1170. The second-order valence-corrected chi connectivity index (χ2v) is 11.7. The molecule has 230 valence electrons. The Balaban J connectivity index is 2.51. The highest BCUT2D eigenvalue weighted by Crippen LogP contribution is 2.28. The number of nitrogens with two attached hydrogens (primary N) is 1. The Morgan fingerprint density at radius 2 is 1.48 bits per heavy atom. The van der Waals surface area contributed by atoms with Gasteiger partial charge in [0.1, 0.15) is 17.7 Å². The maximum Gasteiger partial charge on any atom is 0.408 e. The zero-order valence-electron chi connectivity index (χ0n) is 26.0. The number of primary amides is 1. The number of ether oxygens (including phenoxy) is 1. The molecule has 0 bridgehead atoms. The molecule has 0 spiro atoms. The molecule has 9 heteroatoms. The number of carbonyl (C=O) groups excluding carboxylic acids is 4. The molecule has 0 heterocycles. The second kappa shape index (κ2) is 16.5. The van der Waals surface area contributed by atoms with Gasteiger partial charge < -0.3 is 26.0 Å². The molecule has 0 radical (unpaired) electrons. The second-order valence-electron chi connectivity index (χ2n) is 11.7. The summed E-state index contributed by atoms with van der Waals surface area (Å²) in [5.74, 6) is -1.74. The number of aryl methyl sites for hydroxylation is 2. The predicted octanol–water partition coefficient (Wildman–Crippen LogP) is 5.94. The van der Waals surface area contributed by atoms with Crippen molar-refractivity contribution in [1.29, 1.82) is 0 Å². The normalized spacial score (nSPS) is 12.6. The van der Waals surface area contributed by atoms with E-state index in [2.05, 4.69) is 17.6 Å². The largest absolute Gasteiger partial charge is 0.444 e. The fourth-order valence-electron chi connectivity index (χ4n) is 4.79. The first kappa shape index (κ1) is 34.3. The number of para-hydroxylation sites is 1. The summed E-state index contributed by atoms with van der Waals surface area (Å²) >= 11 is 0. The Labute approximate surface area is 250 Å². The van der Waals surface area contributed by atoms with Crippen molar-refractivity contribution in [2.75, 3.05) is 11.9 Å². The molecule has 4 amide bonds. The van der Waals surface area contributed by atoms with E-state index < -0.39 is 47.9 Å². The van der Waals surface area contributed by atoms with Crippen molar-refractivity contribution in [1.82, 2.24) is 10.2 Å². The van der Waals surface area contributed by atoms with Crippen LogP contribution in [0.2, 0.25) is 0 Å². The van der Waals surface area contributed by atoms with Gasteiger partial charge in [-0.25, -0.2) is 4.79 Å². The van der Waals surface area contributed by atoms with Gasteiger partial charge in [-0.1, -0.05) is 87.6 Å². The average molecular weight is 581 g/mol. The Kier molecular flexibility index (Phi) is 13.5. The van der Waals surface area contributed by atoms with Gasteiger partial charge in [0, 0.05) is 12.2 Å². The van der Waals surface area contributed by atoms with E-state index in [4.69, 9.17) is 10.5 Å². The molecule has 0 aliphatic carbocycles. The summed E-state index contributed by atoms with van der Waals surface area (Å²) in [5.41, 5.74) is 7.75. The van der Waals surface area contributed by atoms with Gasteiger partial charge in [-0.05, 0) is 57.7 Å². The monoisotopic (exact) mass is 580 g/mol. The standard InChI is InChI=1S/C33H48N4O5/c1-7-8-9-10-11-15-21-37(31(40)26(22-27(34)38)35-32(41)42-33(4,5)6)29(25-19-13-12-14-20-25)30(39)36-28-23(2)17-16-18-24(28)3/h12-14,16-20,26,29H,7-11,15,21-22H2,1-6H3,(H2,34,38)(H,35,41)(H,36,39). The van der Waals surface area contributed by atoms with Gasteiger partial charge in [0.2, 0.25) is 11.8 Å². The van der Waals surface area contributed by atoms with E-state index in [-0.39, 0.29) is 6.54 Å². The number of nitrogens with zero attached hydrogens (tertiary/aromatic N) is 1. The van der Waals surface area contributed by atoms with Crippen LogP contribution < -0.4 is 16.4 Å². The van der Waals surface area contributed by atoms with Crippen molar-refractivity contribution in [3.05, 3.63) is 65.2 Å². The molecule has 9 nitrogen and oxygen atoms in total. The first-order valence-corrected chi connectivity index (χ1v) is 14.8. The molecule has 2 aromatic carbocycles. The minimum absolute atomic E-state index is 0.246. The highest BCUT2D eigenvalue weighted by molar-refractivity contribution is 6.00. The minimum atomic E-state index is -1.31. The van der Waals surface area contributed by atoms with Crippen LogP contribution in [0.5, 0.6) is 0 Å². The molecule has 2 atom stereocenters. The van der Waals surface area contributed by atoms with Crippen molar-refractivity contribution in [3.8, 4) is 0 Å². The molecule has 2 rings (SSSR count). The molecule has 0 saturated heterocycles. The lowest BCUT2D eigenvalue weighted by molar-refractivity contribution is -0.142. The van der Waals surface area contributed by atoms with E-state index in [1.165, 1.54) is 4.90 Å². The Morgan fingerprint density at radius 1 is 0.881 bits per heavy atom. The fourth-order valence-corrected chi connectivity index (χ4v) is 4.79. The average Bonchev–Trinajstić information content (AvgIpc) is 2.90. The highest BCUT2D eigenvalue weighted by Gasteiger charge is 2.37. The van der Waals surface area contributed by atoms with Gasteiger partial charge in [0.05, 0.1) is 6.42 Å². The van der Waals surface area contributed by atoms with Gasteiger partial charge in [-0.3, -0.25) is 14.4 Å². The van der Waals surface area contributed by atoms with Crippen molar-refractivity contribution in [2.45, 2.75) is 104 Å². The number of benzene rings is 2. The quantitative estimate of drug-likeness (QED) is 0.224. The molecule has 0 saturated carbocycles. The van der Waals surface area contributed by atoms with Crippen LogP contribution >= 0.6 is 0 Å². The zero-order chi connectivity index (χ0) is 31.3. The summed E-state index contributed by atoms with van der Waals surface area (Å²) in [7, 11) is 0. The minimum Gasteiger partial charge on any atom is -0.444 e. The molecule has 0 aliphatic rings. The van der Waals surface area contributed by atoms with E-state index in [9.17, 15) is 19.2 Å². The first-order valence-electron chi connectivity index (χ1n) is 14.8. The molecule has 0 fully saturated rings. The van der Waals surface area contributed by atoms with Gasteiger partial charge in [-0.2, -0.15) is 0 Å². The summed E-state index contributed by atoms with van der Waals surface area (Å²) in [5, 5.41) is 5.58. The SMILES string of the molecule is CCCCCCCCN(C(=O)C(CC(N)=O)NC(=O)OC(C)(C)C)C(C(=O)Nc1c(C)cccc1C)c1ccccc1. The van der Waals surface area contributed by atoms with Crippen LogP contribution in [-0.2, 0) is 19.1 Å². The number of nitrogens with one attached hydrogen (secondary N) is 2. The number of carbonyl (C=O) groups is 4. The maximum atomic E-state index is 14.2. The number of hydrogen-bond donors (Lipinski definition) is 3. The van der Waals surface area contributed by atoms with E-state index in [0.717, 1.165) is 43.2 Å². The van der Waals surface area contributed by atoms with Crippen LogP contribution in [0, 0.1) is 13.8 Å². The topological polar surface area (TPSA) is 131 Å². The van der Waals surface area contributed by atoms with Gasteiger partial charge in [0.15, 0.2) is 0 Å². The third-order valence-corrected chi connectivity index (χ3v) is 6.83. The maximum absolute atomic E-state index is 14.2. The van der Waals surface area contributed by atoms with Crippen LogP contribution in [0.15, 0.2) is 48.5 Å². The summed E-state index contributed by atoms with van der Waals surface area (Å²) in [6.45, 7) is 11.3. The molecule has 2 aromatic rings. The van der Waals surface area contributed by atoms with Crippen molar-refractivity contribution in [3.63, 3.8) is 0 Å². The van der Waals surface area contributed by atoms with Gasteiger partial charge >= 0.3 is 6.09 Å². The Morgan fingerprint density at radius 3 is 2.05 bits per heavy atom. The van der Waals surface area contributed by atoms with E-state index in [0.29, 0.717) is 17.7 Å². The molecular formula is C33H48N4O5. The zero-order valence-corrected chi connectivity index (χ0v) is 26.0. The number of anilines is 1. The lowest BCUT2D eigenvalue weighted by atomic mass is 10.0. The smallest absolute Gasteiger partial charge is 0.408 e. The number of amides is 4. The Hall–Kier alpha value is -3.88. The predicted molar refractivity (Wildman–Crippen MR) is 166 cm³/mol. The number of alkyl carbamates (subject to hydrolysis) is 1. The fraction of sp³-hybridized carbons (Fsp3) is 0.515. The molecule has 0 aliphatic heterocycles. The molecule has 2 unspecified atom stereocenters. The van der Waals surface area contributed by atoms with E-state index in [1.54, 1.807) is 32.9 Å². The van der Waals surface area contributed by atoms with Crippen LogP contribution in [0.1, 0.15) is 95.4 Å². The third kappa shape index (κ3) is 11.2. The number of unbranched alkanes of at least 4 members (excludes halogenated alkanes) is 5. The van der Waals surface area contributed by atoms with Crippen LogP contribution in [0.3, 0.4) is 0 Å². The van der Waals surface area contributed by atoms with Crippen molar-refractivity contribution >= 4 is 29.5 Å². The van der Waals surface area contributed by atoms with Crippen LogP contribution in [0.25, 0.3) is 0 Å². The highest BCUT2D eigenvalue weighted by atomic mass is 16.6. The summed E-state index contributed by atoms with van der Waals surface area (Å²) in [6.07, 6.45) is 4.56. The number of hydrogen-bond acceptors (Lipinski definition) is 5. The van der Waals surface area contributed by atoms with Crippen LogP contribution in [-0.4, -0.2) is 46.9 Å². The van der Waals surface area contributed by atoms with Crippen molar-refractivity contribution in [2.24, 2.45) is 5.73 Å². The van der Waals surface area contributed by atoms with Gasteiger partial charge in [0.25, 0.3) is 5.91 Å². The molecular weight excluding hydrogens is 532 g/mol. The molecule has 4 N–H and O–H groups in total. The van der Waals surface area contributed by atoms with Crippen molar-refractivity contribution < 1.29 is 23.9 Å². The lowest BCUT2D eigenvalue weighted by Gasteiger charge is -2.34. The summed E-state index contributed by atoms with van der Waals surface area (Å²) in [6, 6.07) is 12.4. The molecule has 42 heavy (non-hydrogen) atoms. The third-order valence-electron chi connectivity index (χ3n) is 6.83. The van der Waals surface area contributed by atoms with E-state index >= 15 is 0 Å². The first-order chi connectivity index (χ1) is 19.8. The summed E-state index contributed by atoms with van der Waals surface area (Å²) in [4.78, 5) is 54.5. The summed E-state index contributed by atoms with van der Waals surface area (Å²) < 4.78 is 5.36. The lowest BCUT2D eigenvalue weighted by Crippen LogP contribution is -2.53. The van der Waals surface area contributed by atoms with Crippen LogP contribution in [0.4, 0.5) is 10.5 Å². The van der Waals surface area contributed by atoms with Gasteiger partial charge in [-0.15, -0.1) is 0 Å². The number of rotatable bonds is 15.